The molecule has 0 amide bonds. The fourth-order valence-electron chi connectivity index (χ4n) is 4.63. The Balaban J connectivity index is 2.06. The highest BCUT2D eigenvalue weighted by molar-refractivity contribution is 7.21. The number of benzene rings is 3. The summed E-state index contributed by atoms with van der Waals surface area (Å²) < 4.78 is 2.50. The summed E-state index contributed by atoms with van der Waals surface area (Å²) in [5, 5.41) is 2.19. The molecule has 0 aliphatic rings. The molecular formula is C26H24N2S2. The third-order valence-corrected chi connectivity index (χ3v) is 7.83. The number of aromatic nitrogens is 2. The number of hydrogen-bond acceptors (Lipinski definition) is 4. The molecule has 0 spiro atoms. The Hall–Kier alpha value is -2.56. The summed E-state index contributed by atoms with van der Waals surface area (Å²) in [6.07, 6.45) is 0. The largest absolute Gasteiger partial charge is 0.241 e. The maximum Gasteiger partial charge on any atom is 0.0916 e. The first-order valence-electron chi connectivity index (χ1n) is 10.2. The smallest absolute Gasteiger partial charge is 0.0916 e. The first-order valence-corrected chi connectivity index (χ1v) is 11.8. The van der Waals surface area contributed by atoms with Crippen LogP contribution in [0.5, 0.6) is 0 Å². The molecule has 0 fully saturated rings. The predicted octanol–water partition coefficient (Wildman–Crippen LogP) is 8.09. The van der Waals surface area contributed by atoms with E-state index in [0.717, 1.165) is 21.0 Å². The van der Waals surface area contributed by atoms with Crippen LogP contribution in [0.2, 0.25) is 0 Å². The Morgan fingerprint density at radius 1 is 0.500 bits per heavy atom. The van der Waals surface area contributed by atoms with Crippen LogP contribution in [0.3, 0.4) is 0 Å². The minimum absolute atomic E-state index is 1.10. The number of aryl methyl sites for hydroxylation is 6. The van der Waals surface area contributed by atoms with E-state index in [1.807, 2.05) is 0 Å². The van der Waals surface area contributed by atoms with E-state index in [2.05, 4.69) is 77.9 Å². The van der Waals surface area contributed by atoms with Crippen molar-refractivity contribution < 1.29 is 0 Å². The Morgan fingerprint density at radius 2 is 0.833 bits per heavy atom. The normalized spacial score (nSPS) is 11.7. The van der Waals surface area contributed by atoms with Crippen LogP contribution in [0.15, 0.2) is 36.4 Å². The van der Waals surface area contributed by atoms with E-state index in [4.69, 9.17) is 9.97 Å². The number of fused-ring (bicyclic) bond motifs is 2. The number of nitrogens with zero attached hydrogens (tertiary/aromatic N) is 2. The monoisotopic (exact) mass is 428 g/mol. The first kappa shape index (κ1) is 19.4. The summed E-state index contributed by atoms with van der Waals surface area (Å²) in [4.78, 5) is 10.1. The second-order valence-corrected chi connectivity index (χ2v) is 10.5. The molecular weight excluding hydrogens is 404 g/mol. The lowest BCUT2D eigenvalue weighted by Crippen LogP contribution is -1.94. The van der Waals surface area contributed by atoms with E-state index >= 15 is 0 Å². The molecule has 0 N–H and O–H groups in total. The van der Waals surface area contributed by atoms with E-state index in [0.29, 0.717) is 0 Å². The average Bonchev–Trinajstić information content (AvgIpc) is 3.24. The molecule has 5 aromatic rings. The molecule has 4 heteroatoms. The molecule has 150 valence electrons. The van der Waals surface area contributed by atoms with Crippen LogP contribution in [0.25, 0.3) is 42.7 Å². The molecule has 0 saturated heterocycles. The molecule has 0 aliphatic carbocycles. The maximum atomic E-state index is 5.07. The molecule has 2 aromatic heterocycles. The van der Waals surface area contributed by atoms with E-state index in [1.165, 1.54) is 53.9 Å². The van der Waals surface area contributed by atoms with E-state index in [1.54, 1.807) is 22.7 Å². The quantitative estimate of drug-likeness (QED) is 0.284. The minimum atomic E-state index is 1.10. The van der Waals surface area contributed by atoms with E-state index in [9.17, 15) is 0 Å². The van der Waals surface area contributed by atoms with Crippen molar-refractivity contribution in [2.45, 2.75) is 41.5 Å². The molecule has 5 rings (SSSR count). The molecule has 0 unspecified atom stereocenters. The predicted molar refractivity (Wildman–Crippen MR) is 132 cm³/mol. The summed E-state index contributed by atoms with van der Waals surface area (Å²) in [5.41, 5.74) is 12.5. The standard InChI is InChI=1S/C26H24N2S2/c1-13-9-7-10-14(2)19(13)21-23-26(30-17(5)27-23)22(24-25(21)29-18(6)28-24)20-15(3)11-8-12-16(20)4/h7-12H,1-6H3. The summed E-state index contributed by atoms with van der Waals surface area (Å²) in [6.45, 7) is 13.0. The topological polar surface area (TPSA) is 25.8 Å². The molecule has 0 radical (unpaired) electrons. The SMILES string of the molecule is Cc1nc2c(-c3c(C)cccc3C)c3sc(C)nc3c(-c3c(C)cccc3C)c2s1. The van der Waals surface area contributed by atoms with Gasteiger partial charge in [-0.25, -0.2) is 9.97 Å². The Kier molecular flexibility index (Phi) is 4.53. The lowest BCUT2D eigenvalue weighted by molar-refractivity contribution is 1.33. The van der Waals surface area contributed by atoms with Crippen molar-refractivity contribution in [3.05, 3.63) is 68.7 Å². The van der Waals surface area contributed by atoms with Gasteiger partial charge in [0.15, 0.2) is 0 Å². The molecule has 0 bridgehead atoms. The van der Waals surface area contributed by atoms with E-state index in [-0.39, 0.29) is 0 Å². The van der Waals surface area contributed by atoms with Gasteiger partial charge in [0.2, 0.25) is 0 Å². The molecule has 30 heavy (non-hydrogen) atoms. The third kappa shape index (κ3) is 2.82. The zero-order chi connectivity index (χ0) is 21.2. The van der Waals surface area contributed by atoms with Gasteiger partial charge >= 0.3 is 0 Å². The number of thiazole rings is 2. The molecule has 0 aliphatic heterocycles. The van der Waals surface area contributed by atoms with Crippen molar-refractivity contribution >= 4 is 43.1 Å². The zero-order valence-electron chi connectivity index (χ0n) is 18.2. The average molecular weight is 429 g/mol. The maximum absolute atomic E-state index is 5.07. The van der Waals surface area contributed by atoms with Gasteiger partial charge in [0.1, 0.15) is 0 Å². The van der Waals surface area contributed by atoms with Crippen molar-refractivity contribution in [3.63, 3.8) is 0 Å². The zero-order valence-corrected chi connectivity index (χ0v) is 19.8. The molecule has 0 atom stereocenters. The highest BCUT2D eigenvalue weighted by Gasteiger charge is 2.25. The van der Waals surface area contributed by atoms with Crippen molar-refractivity contribution in [1.82, 2.24) is 9.97 Å². The van der Waals surface area contributed by atoms with Gasteiger partial charge in [-0.3, -0.25) is 0 Å². The van der Waals surface area contributed by atoms with Gasteiger partial charge in [-0.05, 0) is 74.9 Å². The van der Waals surface area contributed by atoms with Crippen LogP contribution in [-0.4, -0.2) is 9.97 Å². The van der Waals surface area contributed by atoms with Crippen LogP contribution in [0.1, 0.15) is 32.3 Å². The van der Waals surface area contributed by atoms with Gasteiger partial charge < -0.3 is 0 Å². The summed E-state index contributed by atoms with van der Waals surface area (Å²) in [5.74, 6) is 0. The van der Waals surface area contributed by atoms with Crippen LogP contribution >= 0.6 is 22.7 Å². The number of hydrogen-bond donors (Lipinski definition) is 0. The van der Waals surface area contributed by atoms with Crippen LogP contribution in [0, 0.1) is 41.5 Å². The summed E-state index contributed by atoms with van der Waals surface area (Å²) >= 11 is 3.58. The highest BCUT2D eigenvalue weighted by atomic mass is 32.1. The second kappa shape index (κ2) is 7.00. The summed E-state index contributed by atoms with van der Waals surface area (Å²) in [6, 6.07) is 13.1. The third-order valence-electron chi connectivity index (χ3n) is 5.86. The van der Waals surface area contributed by atoms with E-state index < -0.39 is 0 Å². The number of rotatable bonds is 2. The van der Waals surface area contributed by atoms with Crippen LogP contribution in [-0.2, 0) is 0 Å². The van der Waals surface area contributed by atoms with Gasteiger partial charge in [-0.15, -0.1) is 22.7 Å². The molecule has 2 nitrogen and oxygen atoms in total. The molecule has 3 aromatic carbocycles. The molecule has 0 saturated carbocycles. The van der Waals surface area contributed by atoms with Gasteiger partial charge in [0.25, 0.3) is 0 Å². The Morgan fingerprint density at radius 3 is 1.17 bits per heavy atom. The lowest BCUT2D eigenvalue weighted by atomic mass is 9.90. The first-order chi connectivity index (χ1) is 14.4. The van der Waals surface area contributed by atoms with Crippen LogP contribution in [0.4, 0.5) is 0 Å². The van der Waals surface area contributed by atoms with Crippen LogP contribution < -0.4 is 0 Å². The van der Waals surface area contributed by atoms with Crippen molar-refractivity contribution in [2.24, 2.45) is 0 Å². The second-order valence-electron chi connectivity index (χ2n) is 8.10. The fourth-order valence-corrected chi connectivity index (χ4v) is 6.58. The highest BCUT2D eigenvalue weighted by Crippen LogP contribution is 2.49. The van der Waals surface area contributed by atoms with Gasteiger partial charge in [-0.2, -0.15) is 0 Å². The fraction of sp³-hybridized carbons (Fsp3) is 0.231. The van der Waals surface area contributed by atoms with Gasteiger partial charge in [0.05, 0.1) is 30.4 Å². The lowest BCUT2D eigenvalue weighted by Gasteiger charge is -2.16. The summed E-state index contributed by atoms with van der Waals surface area (Å²) in [7, 11) is 0. The van der Waals surface area contributed by atoms with Crippen molar-refractivity contribution in [3.8, 4) is 22.3 Å². The minimum Gasteiger partial charge on any atom is -0.241 e. The van der Waals surface area contributed by atoms with Crippen molar-refractivity contribution in [2.75, 3.05) is 0 Å². The van der Waals surface area contributed by atoms with Gasteiger partial charge in [0, 0.05) is 11.1 Å². The molecule has 2 heterocycles. The Labute approximate surface area is 185 Å². The van der Waals surface area contributed by atoms with Gasteiger partial charge in [-0.1, -0.05) is 36.4 Å². The van der Waals surface area contributed by atoms with Crippen molar-refractivity contribution in [1.29, 1.82) is 0 Å². The Bertz CT molecular complexity index is 1250.